The number of piperidine rings is 1. The maximum absolute atomic E-state index is 12.8. The molecule has 4 rings (SSSR count). The van der Waals surface area contributed by atoms with E-state index in [4.69, 9.17) is 18.3 Å². The highest BCUT2D eigenvalue weighted by atomic mass is 32.2. The van der Waals surface area contributed by atoms with Gasteiger partial charge >= 0.3 is 5.97 Å². The highest BCUT2D eigenvalue weighted by Crippen LogP contribution is 2.35. The molecule has 1 saturated heterocycles. The number of aromatic hydroxyl groups is 2. The molecular weight excluding hydrogens is 521 g/mol. The summed E-state index contributed by atoms with van der Waals surface area (Å²) in [4.78, 5) is 41.8. The molecule has 2 radical (unpaired) electrons. The summed E-state index contributed by atoms with van der Waals surface area (Å²) in [6, 6.07) is 2.68. The van der Waals surface area contributed by atoms with Gasteiger partial charge in [-0.2, -0.15) is 0 Å². The molecule has 2 aromatic heterocycles. The molecular formula is C25H32BN7O5S. The molecule has 1 aliphatic heterocycles. The molecule has 39 heavy (non-hydrogen) atoms. The molecule has 1 amide bonds. The summed E-state index contributed by atoms with van der Waals surface area (Å²) in [5, 5.41) is 20.3. The van der Waals surface area contributed by atoms with E-state index in [1.54, 1.807) is 30.8 Å². The van der Waals surface area contributed by atoms with E-state index in [-0.39, 0.29) is 29.8 Å². The average Bonchev–Trinajstić information content (AvgIpc) is 3.23. The Bertz CT molecular complexity index is 1360. The summed E-state index contributed by atoms with van der Waals surface area (Å²) >= 11 is 1.24. The quantitative estimate of drug-likeness (QED) is 0.196. The zero-order valence-corrected chi connectivity index (χ0v) is 23.0. The number of rotatable bonds is 9. The number of nitrogen functional groups attached to an aromatic ring is 1. The first-order valence-corrected chi connectivity index (χ1v) is 13.4. The number of carbonyl (C=O) groups is 2. The Kier molecular flexibility index (Phi) is 8.85. The first kappa shape index (κ1) is 28.5. The van der Waals surface area contributed by atoms with E-state index in [1.807, 2.05) is 4.57 Å². The minimum absolute atomic E-state index is 0.125. The van der Waals surface area contributed by atoms with Gasteiger partial charge in [-0.3, -0.25) is 14.5 Å². The minimum atomic E-state index is -0.817. The molecule has 14 heteroatoms. The average molecular weight is 553 g/mol. The van der Waals surface area contributed by atoms with Crippen molar-refractivity contribution in [3.8, 4) is 11.5 Å². The SMILES string of the molecule is [B]c1cc(O)c(O)cc1Sc1nc2c(N)ncnc2n1CCC1CCN(C(=O)[C@H](C)OC(=O)CN(C)C)CC1. The van der Waals surface area contributed by atoms with Crippen LogP contribution < -0.4 is 11.2 Å². The highest BCUT2D eigenvalue weighted by Gasteiger charge is 2.28. The molecule has 1 aliphatic rings. The molecule has 1 atom stereocenters. The van der Waals surface area contributed by atoms with Crippen LogP contribution in [-0.2, 0) is 20.9 Å². The molecule has 206 valence electrons. The lowest BCUT2D eigenvalue weighted by Crippen LogP contribution is -2.45. The predicted molar refractivity (Wildman–Crippen MR) is 147 cm³/mol. The van der Waals surface area contributed by atoms with Crippen molar-refractivity contribution in [2.45, 2.75) is 48.9 Å². The molecule has 0 aliphatic carbocycles. The number of ether oxygens (including phenoxy) is 1. The summed E-state index contributed by atoms with van der Waals surface area (Å²) in [7, 11) is 9.60. The number of hydrogen-bond acceptors (Lipinski definition) is 11. The summed E-state index contributed by atoms with van der Waals surface area (Å²) < 4.78 is 7.24. The minimum Gasteiger partial charge on any atom is -0.504 e. The van der Waals surface area contributed by atoms with Crippen LogP contribution in [0.1, 0.15) is 26.2 Å². The Balaban J connectivity index is 1.41. The van der Waals surface area contributed by atoms with Crippen molar-refractivity contribution in [3.63, 3.8) is 0 Å². The van der Waals surface area contributed by atoms with E-state index >= 15 is 0 Å². The van der Waals surface area contributed by atoms with Crippen molar-refractivity contribution < 1.29 is 24.5 Å². The zero-order valence-electron chi connectivity index (χ0n) is 22.2. The standard InChI is InChI=1S/C25H32BN7O5S/c1-14(38-20(36)12-31(2)3)24(37)32-7-4-15(5-8-32)6-9-33-23-21(22(27)28-13-29-23)30-25(33)39-19-11-18(35)17(34)10-16(19)26/h10-11,13-15,34-35H,4-9,12H2,1-3H3,(H2,27,28,29)/t14-/m0/s1. The maximum Gasteiger partial charge on any atom is 0.320 e. The number of phenolic OH excluding ortho intramolecular Hbond substituents is 2. The van der Waals surface area contributed by atoms with Gasteiger partial charge < -0.3 is 30.2 Å². The lowest BCUT2D eigenvalue weighted by molar-refractivity contribution is -0.160. The second kappa shape index (κ2) is 12.1. The predicted octanol–water partition coefficient (Wildman–Crippen LogP) is 0.887. The largest absolute Gasteiger partial charge is 0.504 e. The van der Waals surface area contributed by atoms with Crippen LogP contribution in [0.2, 0.25) is 0 Å². The van der Waals surface area contributed by atoms with Gasteiger partial charge in [-0.1, -0.05) is 17.2 Å². The summed E-state index contributed by atoms with van der Waals surface area (Å²) in [6.07, 6.45) is 3.02. The Morgan fingerprint density at radius 1 is 1.23 bits per heavy atom. The van der Waals surface area contributed by atoms with E-state index in [0.29, 0.717) is 52.2 Å². The Hall–Kier alpha value is -3.52. The number of phenols is 2. The lowest BCUT2D eigenvalue weighted by Gasteiger charge is -2.33. The molecule has 4 N–H and O–H groups in total. The van der Waals surface area contributed by atoms with E-state index in [9.17, 15) is 19.8 Å². The Morgan fingerprint density at radius 2 is 1.92 bits per heavy atom. The van der Waals surface area contributed by atoms with Gasteiger partial charge in [-0.15, -0.1) is 0 Å². The number of likely N-dealkylation sites (N-methyl/N-ethyl adjacent to an activating group) is 1. The number of esters is 1. The molecule has 0 bridgehead atoms. The van der Waals surface area contributed by atoms with Crippen molar-refractivity contribution in [2.75, 3.05) is 39.5 Å². The number of likely N-dealkylation sites (tertiary alicyclic amines) is 1. The van der Waals surface area contributed by atoms with Crippen LogP contribution >= 0.6 is 11.8 Å². The van der Waals surface area contributed by atoms with Crippen molar-refractivity contribution in [1.29, 1.82) is 0 Å². The fourth-order valence-electron chi connectivity index (χ4n) is 4.53. The molecule has 3 heterocycles. The summed E-state index contributed by atoms with van der Waals surface area (Å²) in [6.45, 7) is 3.50. The molecule has 0 unspecified atom stereocenters. The van der Waals surface area contributed by atoms with Gasteiger partial charge in [0.15, 0.2) is 39.7 Å². The van der Waals surface area contributed by atoms with Crippen molar-refractivity contribution >= 4 is 53.9 Å². The molecule has 3 aromatic rings. The molecule has 1 aromatic carbocycles. The number of nitrogens with two attached hydrogens (primary N) is 1. The zero-order chi connectivity index (χ0) is 28.3. The van der Waals surface area contributed by atoms with E-state index in [2.05, 4.69) is 15.0 Å². The monoisotopic (exact) mass is 553 g/mol. The summed E-state index contributed by atoms with van der Waals surface area (Å²) in [5.74, 6) is -0.567. The molecule has 0 spiro atoms. The van der Waals surface area contributed by atoms with Crippen molar-refractivity contribution in [3.05, 3.63) is 18.5 Å². The number of fused-ring (bicyclic) bond motifs is 1. The van der Waals surface area contributed by atoms with E-state index in [0.717, 1.165) is 19.3 Å². The first-order chi connectivity index (χ1) is 18.5. The van der Waals surface area contributed by atoms with Gasteiger partial charge in [0.1, 0.15) is 14.2 Å². The number of aryl methyl sites for hydroxylation is 1. The third-order valence-corrected chi connectivity index (χ3v) is 7.69. The normalized spacial score (nSPS) is 15.1. The van der Waals surface area contributed by atoms with Crippen LogP contribution in [0.5, 0.6) is 11.5 Å². The third-order valence-electron chi connectivity index (χ3n) is 6.62. The maximum atomic E-state index is 12.8. The van der Waals surface area contributed by atoms with Crippen LogP contribution in [0.15, 0.2) is 28.5 Å². The number of anilines is 1. The molecule has 0 saturated carbocycles. The van der Waals surface area contributed by atoms with E-state index < -0.39 is 12.1 Å². The summed E-state index contributed by atoms with van der Waals surface area (Å²) in [5.41, 5.74) is 7.42. The number of hydrogen-bond donors (Lipinski definition) is 3. The molecule has 12 nitrogen and oxygen atoms in total. The fourth-order valence-corrected chi connectivity index (χ4v) is 5.50. The number of aromatic nitrogens is 4. The van der Waals surface area contributed by atoms with Gasteiger partial charge in [-0.25, -0.2) is 15.0 Å². The molecule has 1 fully saturated rings. The van der Waals surface area contributed by atoms with Crippen LogP contribution in [0.3, 0.4) is 0 Å². The van der Waals surface area contributed by atoms with Gasteiger partial charge in [-0.05, 0) is 58.3 Å². The number of benzene rings is 1. The fraction of sp³-hybridized carbons (Fsp3) is 0.480. The number of nitrogens with zero attached hydrogens (tertiary/aromatic N) is 6. The Labute approximate surface area is 232 Å². The second-order valence-electron chi connectivity index (χ2n) is 9.89. The first-order valence-electron chi connectivity index (χ1n) is 12.6. The smallest absolute Gasteiger partial charge is 0.320 e. The van der Waals surface area contributed by atoms with Crippen LogP contribution in [0.4, 0.5) is 5.82 Å². The third kappa shape index (κ3) is 6.74. The van der Waals surface area contributed by atoms with Gasteiger partial charge in [0.25, 0.3) is 5.91 Å². The lowest BCUT2D eigenvalue weighted by atomic mass is 9.93. The van der Waals surface area contributed by atoms with Gasteiger partial charge in [0, 0.05) is 24.5 Å². The van der Waals surface area contributed by atoms with Gasteiger partial charge in [0.2, 0.25) is 0 Å². The van der Waals surface area contributed by atoms with Crippen molar-refractivity contribution in [2.24, 2.45) is 5.92 Å². The van der Waals surface area contributed by atoms with Crippen LogP contribution in [0.25, 0.3) is 11.2 Å². The van der Waals surface area contributed by atoms with Crippen LogP contribution in [-0.4, -0.2) is 99.1 Å². The van der Waals surface area contributed by atoms with Gasteiger partial charge in [0.05, 0.1) is 6.54 Å². The highest BCUT2D eigenvalue weighted by molar-refractivity contribution is 7.99. The topological polar surface area (TPSA) is 160 Å². The second-order valence-corrected chi connectivity index (χ2v) is 10.9. The van der Waals surface area contributed by atoms with Crippen LogP contribution in [0, 0.1) is 5.92 Å². The number of amides is 1. The van der Waals surface area contributed by atoms with Crippen molar-refractivity contribution in [1.82, 2.24) is 29.3 Å². The number of carbonyl (C=O) groups excluding carboxylic acids is 2. The number of imidazole rings is 1. The van der Waals surface area contributed by atoms with E-state index in [1.165, 1.54) is 30.2 Å². The Morgan fingerprint density at radius 3 is 2.62 bits per heavy atom.